The number of rotatable bonds is 2. The monoisotopic (exact) mass is 297 g/mol. The molecule has 0 spiro atoms. The Kier molecular flexibility index (Phi) is 3.11. The number of hydrogen-bond donors (Lipinski definition) is 0. The largest absolute Gasteiger partial charge is 0.495 e. The van der Waals surface area contributed by atoms with Crippen LogP contribution in [0.25, 0.3) is 10.9 Å². The summed E-state index contributed by atoms with van der Waals surface area (Å²) in [6, 6.07) is 5.58. The van der Waals surface area contributed by atoms with Crippen LogP contribution in [0.5, 0.6) is 5.75 Å². The molecule has 0 fully saturated rings. The molecule has 0 bridgehead atoms. The molecule has 5 heteroatoms. The van der Waals surface area contributed by atoms with Gasteiger partial charge in [0.25, 0.3) is 0 Å². The number of esters is 1. The molecule has 1 heterocycles. The lowest BCUT2D eigenvalue weighted by molar-refractivity contribution is 0.0590. The molecule has 0 saturated heterocycles. The quantitative estimate of drug-likeness (QED) is 0.800. The van der Waals surface area contributed by atoms with Gasteiger partial charge in [0.2, 0.25) is 0 Å². The molecule has 4 nitrogen and oxygen atoms in total. The van der Waals surface area contributed by atoms with Gasteiger partial charge in [-0.1, -0.05) is 0 Å². The van der Waals surface area contributed by atoms with Gasteiger partial charge < -0.3 is 14.0 Å². The van der Waals surface area contributed by atoms with Crippen molar-refractivity contribution >= 4 is 32.8 Å². The molecular weight excluding hydrogens is 286 g/mol. The standard InChI is InChI=1S/C12H12BrNO3/c1-14-9-5-4-8(13)11(16-2)7(9)6-10(14)12(15)17-3/h4-6H,1-3H3. The van der Waals surface area contributed by atoms with Crippen LogP contribution >= 0.6 is 15.9 Å². The summed E-state index contributed by atoms with van der Waals surface area (Å²) in [7, 11) is 4.79. The second kappa shape index (κ2) is 4.41. The Balaban J connectivity index is 2.77. The van der Waals surface area contributed by atoms with E-state index >= 15 is 0 Å². The predicted octanol–water partition coefficient (Wildman–Crippen LogP) is 2.74. The fraction of sp³-hybridized carbons (Fsp3) is 0.250. The van der Waals surface area contributed by atoms with Gasteiger partial charge in [0.1, 0.15) is 11.4 Å². The van der Waals surface area contributed by atoms with Gasteiger partial charge in [0, 0.05) is 12.4 Å². The topological polar surface area (TPSA) is 40.5 Å². The molecule has 2 aromatic rings. The second-order valence-electron chi connectivity index (χ2n) is 3.59. The molecule has 0 aliphatic carbocycles. The predicted molar refractivity (Wildman–Crippen MR) is 68.5 cm³/mol. The van der Waals surface area contributed by atoms with E-state index in [0.29, 0.717) is 11.4 Å². The van der Waals surface area contributed by atoms with E-state index in [1.54, 1.807) is 17.7 Å². The van der Waals surface area contributed by atoms with Crippen LogP contribution in [0.4, 0.5) is 0 Å². The highest BCUT2D eigenvalue weighted by atomic mass is 79.9. The fourth-order valence-corrected chi connectivity index (χ4v) is 2.37. The third-order valence-corrected chi connectivity index (χ3v) is 3.35. The zero-order valence-corrected chi connectivity index (χ0v) is 11.4. The number of hydrogen-bond acceptors (Lipinski definition) is 3. The lowest BCUT2D eigenvalue weighted by Gasteiger charge is -2.05. The Morgan fingerprint density at radius 2 is 2.06 bits per heavy atom. The van der Waals surface area contributed by atoms with Crippen molar-refractivity contribution in [3.8, 4) is 5.75 Å². The van der Waals surface area contributed by atoms with Crippen molar-refractivity contribution in [3.05, 3.63) is 28.4 Å². The highest BCUT2D eigenvalue weighted by Crippen LogP contribution is 2.35. The summed E-state index contributed by atoms with van der Waals surface area (Å²) in [5, 5.41) is 0.879. The third kappa shape index (κ3) is 1.80. The van der Waals surface area contributed by atoms with Crippen LogP contribution in [-0.4, -0.2) is 24.8 Å². The van der Waals surface area contributed by atoms with E-state index in [1.807, 2.05) is 19.2 Å². The third-order valence-electron chi connectivity index (χ3n) is 2.73. The van der Waals surface area contributed by atoms with Crippen LogP contribution in [0, 0.1) is 0 Å². The minimum Gasteiger partial charge on any atom is -0.495 e. The van der Waals surface area contributed by atoms with Crippen LogP contribution in [0.2, 0.25) is 0 Å². The molecule has 0 N–H and O–H groups in total. The van der Waals surface area contributed by atoms with Crippen LogP contribution in [0.1, 0.15) is 10.5 Å². The summed E-state index contributed by atoms with van der Waals surface area (Å²) in [4.78, 5) is 11.6. The Morgan fingerprint density at radius 1 is 1.35 bits per heavy atom. The fourth-order valence-electron chi connectivity index (χ4n) is 1.87. The molecule has 17 heavy (non-hydrogen) atoms. The van der Waals surface area contributed by atoms with Gasteiger partial charge >= 0.3 is 5.97 Å². The molecule has 2 rings (SSSR count). The Bertz CT molecular complexity index is 589. The summed E-state index contributed by atoms with van der Waals surface area (Å²) >= 11 is 3.42. The van der Waals surface area contributed by atoms with Crippen molar-refractivity contribution in [2.45, 2.75) is 0 Å². The molecule has 0 saturated carbocycles. The smallest absolute Gasteiger partial charge is 0.354 e. The van der Waals surface area contributed by atoms with Crippen LogP contribution in [-0.2, 0) is 11.8 Å². The second-order valence-corrected chi connectivity index (χ2v) is 4.45. The van der Waals surface area contributed by atoms with E-state index in [9.17, 15) is 4.79 Å². The van der Waals surface area contributed by atoms with Gasteiger partial charge in [-0.2, -0.15) is 0 Å². The molecule has 0 radical (unpaired) electrons. The van der Waals surface area contributed by atoms with Crippen molar-refractivity contribution in [3.63, 3.8) is 0 Å². The highest BCUT2D eigenvalue weighted by molar-refractivity contribution is 9.10. The van der Waals surface area contributed by atoms with E-state index in [4.69, 9.17) is 9.47 Å². The molecule has 1 aromatic carbocycles. The average molecular weight is 298 g/mol. The molecule has 0 aliphatic heterocycles. The lowest BCUT2D eigenvalue weighted by Crippen LogP contribution is -2.06. The number of aryl methyl sites for hydroxylation is 1. The van der Waals surface area contributed by atoms with E-state index < -0.39 is 0 Å². The van der Waals surface area contributed by atoms with Gasteiger partial charge in [-0.15, -0.1) is 0 Å². The van der Waals surface area contributed by atoms with Gasteiger partial charge in [0.05, 0.1) is 24.2 Å². The SMILES string of the molecule is COC(=O)c1cc2c(OC)c(Br)ccc2n1C. The molecule has 0 aliphatic rings. The zero-order valence-electron chi connectivity index (χ0n) is 9.78. The maximum Gasteiger partial charge on any atom is 0.354 e. The number of carbonyl (C=O) groups excluding carboxylic acids is 1. The summed E-state index contributed by atoms with van der Waals surface area (Å²) in [6.07, 6.45) is 0. The van der Waals surface area contributed by atoms with E-state index in [-0.39, 0.29) is 5.97 Å². The number of halogens is 1. The van der Waals surface area contributed by atoms with Crippen molar-refractivity contribution in [1.82, 2.24) is 4.57 Å². The molecular formula is C12H12BrNO3. The number of nitrogens with zero attached hydrogens (tertiary/aromatic N) is 1. The van der Waals surface area contributed by atoms with Gasteiger partial charge in [-0.25, -0.2) is 4.79 Å². The first kappa shape index (κ1) is 12.0. The number of benzene rings is 1. The first-order valence-electron chi connectivity index (χ1n) is 5.00. The summed E-state index contributed by atoms with van der Waals surface area (Å²) in [5.41, 5.74) is 1.42. The summed E-state index contributed by atoms with van der Waals surface area (Å²) in [5.74, 6) is 0.357. The van der Waals surface area contributed by atoms with E-state index in [0.717, 1.165) is 15.4 Å². The van der Waals surface area contributed by atoms with E-state index in [2.05, 4.69) is 15.9 Å². The number of ether oxygens (including phenoxy) is 2. The summed E-state index contributed by atoms with van der Waals surface area (Å²) in [6.45, 7) is 0. The van der Waals surface area contributed by atoms with Crippen LogP contribution in [0.3, 0.4) is 0 Å². The molecule has 0 atom stereocenters. The van der Waals surface area contributed by atoms with Crippen molar-refractivity contribution in [2.75, 3.05) is 14.2 Å². The number of methoxy groups -OCH3 is 2. The average Bonchev–Trinajstić information content (AvgIpc) is 2.66. The minimum atomic E-state index is -0.359. The lowest BCUT2D eigenvalue weighted by atomic mass is 10.2. The van der Waals surface area contributed by atoms with Crippen LogP contribution in [0.15, 0.2) is 22.7 Å². The molecule has 0 unspecified atom stereocenters. The first-order chi connectivity index (χ1) is 8.10. The Morgan fingerprint density at radius 3 is 2.65 bits per heavy atom. The van der Waals surface area contributed by atoms with Crippen molar-refractivity contribution < 1.29 is 14.3 Å². The normalized spacial score (nSPS) is 10.6. The molecule has 90 valence electrons. The Hall–Kier alpha value is -1.49. The first-order valence-corrected chi connectivity index (χ1v) is 5.79. The van der Waals surface area contributed by atoms with E-state index in [1.165, 1.54) is 7.11 Å². The van der Waals surface area contributed by atoms with Gasteiger partial charge in [-0.05, 0) is 34.1 Å². The molecule has 0 amide bonds. The number of aromatic nitrogens is 1. The van der Waals surface area contributed by atoms with Crippen molar-refractivity contribution in [2.24, 2.45) is 7.05 Å². The zero-order chi connectivity index (χ0) is 12.6. The Labute approximate surface area is 107 Å². The molecule has 1 aromatic heterocycles. The maximum absolute atomic E-state index is 11.6. The maximum atomic E-state index is 11.6. The van der Waals surface area contributed by atoms with Crippen molar-refractivity contribution in [1.29, 1.82) is 0 Å². The summed E-state index contributed by atoms with van der Waals surface area (Å²) < 4.78 is 12.7. The number of fused-ring (bicyclic) bond motifs is 1. The minimum absolute atomic E-state index is 0.359. The van der Waals surface area contributed by atoms with Gasteiger partial charge in [0.15, 0.2) is 0 Å². The van der Waals surface area contributed by atoms with Gasteiger partial charge in [-0.3, -0.25) is 0 Å². The van der Waals surface area contributed by atoms with Crippen LogP contribution < -0.4 is 4.74 Å². The number of carbonyl (C=O) groups is 1. The highest BCUT2D eigenvalue weighted by Gasteiger charge is 2.17.